The van der Waals surface area contributed by atoms with Crippen molar-refractivity contribution in [3.8, 4) is 0 Å². The first-order chi connectivity index (χ1) is 10.0. The lowest BCUT2D eigenvalue weighted by Crippen LogP contribution is -2.56. The number of hydrazine groups is 1. The molecule has 126 valence electrons. The molecule has 0 bridgehead atoms. The molecule has 9 heteroatoms. The van der Waals surface area contributed by atoms with E-state index in [1.165, 1.54) is 6.92 Å². The summed E-state index contributed by atoms with van der Waals surface area (Å²) in [5, 5.41) is 1.62. The fourth-order valence-corrected chi connectivity index (χ4v) is 1.53. The zero-order valence-electron chi connectivity index (χ0n) is 13.4. The Morgan fingerprint density at radius 1 is 0.909 bits per heavy atom. The van der Waals surface area contributed by atoms with Crippen LogP contribution in [0.25, 0.3) is 0 Å². The van der Waals surface area contributed by atoms with Crippen molar-refractivity contribution in [1.29, 1.82) is 0 Å². The number of hydrogen-bond acceptors (Lipinski definition) is 7. The van der Waals surface area contributed by atoms with Crippen molar-refractivity contribution in [1.82, 2.24) is 10.0 Å². The van der Waals surface area contributed by atoms with Gasteiger partial charge in [0, 0.05) is 0 Å². The quantitative estimate of drug-likeness (QED) is 0.445. The number of carbonyl (C=O) groups excluding carboxylic acids is 4. The second kappa shape index (κ2) is 8.44. The van der Waals surface area contributed by atoms with E-state index < -0.39 is 43.0 Å². The van der Waals surface area contributed by atoms with E-state index in [-0.39, 0.29) is 12.3 Å². The number of carbonyl (C=O) groups is 4. The van der Waals surface area contributed by atoms with Crippen LogP contribution in [-0.2, 0) is 23.9 Å². The third-order valence-electron chi connectivity index (χ3n) is 2.29. The topological polar surface area (TPSA) is 136 Å². The van der Waals surface area contributed by atoms with Crippen molar-refractivity contribution in [3.63, 3.8) is 0 Å². The van der Waals surface area contributed by atoms with Crippen LogP contribution in [0.5, 0.6) is 0 Å². The molecule has 0 unspecified atom stereocenters. The summed E-state index contributed by atoms with van der Waals surface area (Å²) in [4.78, 5) is 46.9. The Kier molecular flexibility index (Phi) is 7.68. The molecule has 22 heavy (non-hydrogen) atoms. The molecule has 0 rings (SSSR count). The Hall–Kier alpha value is -2.00. The third kappa shape index (κ3) is 7.14. The highest BCUT2D eigenvalue weighted by atomic mass is 16.6. The van der Waals surface area contributed by atoms with Crippen LogP contribution in [0.15, 0.2) is 0 Å². The molecule has 0 fully saturated rings. The molecule has 2 amide bonds. The van der Waals surface area contributed by atoms with Crippen LogP contribution in [0.2, 0.25) is 0 Å². The van der Waals surface area contributed by atoms with Crippen LogP contribution in [0.3, 0.4) is 0 Å². The van der Waals surface area contributed by atoms with Gasteiger partial charge in [0.1, 0.15) is 18.7 Å². The minimum Gasteiger partial charge on any atom is -0.459 e. The fraction of sp³-hybridized carbons (Fsp3) is 0.692. The van der Waals surface area contributed by atoms with Crippen molar-refractivity contribution < 1.29 is 23.9 Å². The molecule has 0 spiro atoms. The molecule has 4 N–H and O–H groups in total. The number of Topliss-reactive ketones (excluding diaryl/α,β-unsaturated/α-hetero) is 1. The number of hydrogen-bond donors (Lipinski definition) is 2. The number of nitrogens with zero attached hydrogens (tertiary/aromatic N) is 2. The van der Waals surface area contributed by atoms with Gasteiger partial charge in [0.15, 0.2) is 5.78 Å². The van der Waals surface area contributed by atoms with Crippen molar-refractivity contribution >= 4 is 23.6 Å². The van der Waals surface area contributed by atoms with Gasteiger partial charge in [-0.2, -0.15) is 0 Å². The highest BCUT2D eigenvalue weighted by molar-refractivity contribution is 5.90. The predicted molar refractivity (Wildman–Crippen MR) is 78.1 cm³/mol. The normalized spacial score (nSPS) is 10.8. The van der Waals surface area contributed by atoms with E-state index in [0.717, 1.165) is 10.0 Å². The van der Waals surface area contributed by atoms with Crippen LogP contribution < -0.4 is 11.5 Å². The first-order valence-corrected chi connectivity index (χ1v) is 6.74. The fourth-order valence-electron chi connectivity index (χ4n) is 1.53. The summed E-state index contributed by atoms with van der Waals surface area (Å²) >= 11 is 0. The van der Waals surface area contributed by atoms with Crippen LogP contribution in [0.1, 0.15) is 27.7 Å². The second-order valence-electron chi connectivity index (χ2n) is 5.60. The Balaban J connectivity index is 5.30. The van der Waals surface area contributed by atoms with Gasteiger partial charge in [0.25, 0.3) is 11.8 Å². The van der Waals surface area contributed by atoms with Crippen molar-refractivity contribution in [2.45, 2.75) is 33.3 Å². The molecule has 0 aliphatic heterocycles. The minimum atomic E-state index is -0.752. The van der Waals surface area contributed by atoms with Crippen LogP contribution in [-0.4, -0.2) is 65.4 Å². The highest BCUT2D eigenvalue weighted by Crippen LogP contribution is 2.09. The van der Waals surface area contributed by atoms with Crippen LogP contribution in [0.4, 0.5) is 0 Å². The maximum atomic E-state index is 11.9. The van der Waals surface area contributed by atoms with Crippen molar-refractivity contribution in [3.05, 3.63) is 0 Å². The minimum absolute atomic E-state index is 0.374. The molecule has 0 aromatic carbocycles. The summed E-state index contributed by atoms with van der Waals surface area (Å²) in [6, 6.07) is 0. The van der Waals surface area contributed by atoms with E-state index in [9.17, 15) is 19.2 Å². The van der Waals surface area contributed by atoms with Gasteiger partial charge in [-0.1, -0.05) is 0 Å². The molecule has 0 heterocycles. The van der Waals surface area contributed by atoms with Gasteiger partial charge in [-0.05, 0) is 27.7 Å². The smallest absolute Gasteiger partial charge is 0.328 e. The molecule has 0 atom stereocenters. The van der Waals surface area contributed by atoms with Crippen LogP contribution >= 0.6 is 0 Å². The summed E-state index contributed by atoms with van der Waals surface area (Å²) < 4.78 is 5.10. The Bertz CT molecular complexity index is 444. The van der Waals surface area contributed by atoms with E-state index in [0.29, 0.717) is 0 Å². The largest absolute Gasteiger partial charge is 0.459 e. The number of ketones is 1. The van der Waals surface area contributed by atoms with E-state index in [4.69, 9.17) is 16.2 Å². The van der Waals surface area contributed by atoms with Gasteiger partial charge >= 0.3 is 5.97 Å². The first-order valence-electron chi connectivity index (χ1n) is 6.74. The summed E-state index contributed by atoms with van der Waals surface area (Å²) in [6.07, 6.45) is 0. The maximum Gasteiger partial charge on any atom is 0.328 e. The van der Waals surface area contributed by atoms with E-state index in [1.807, 2.05) is 0 Å². The van der Waals surface area contributed by atoms with E-state index in [1.54, 1.807) is 20.8 Å². The summed E-state index contributed by atoms with van der Waals surface area (Å²) in [5.41, 5.74) is 9.81. The monoisotopic (exact) mass is 316 g/mol. The second-order valence-corrected chi connectivity index (χ2v) is 5.60. The number of nitrogens with two attached hydrogens (primary N) is 2. The van der Waals surface area contributed by atoms with Gasteiger partial charge in [0.05, 0.1) is 13.1 Å². The number of esters is 1. The average Bonchev–Trinajstić information content (AvgIpc) is 2.38. The molecule has 0 aromatic heterocycles. The summed E-state index contributed by atoms with van der Waals surface area (Å²) in [6.45, 7) is 4.46. The molecule has 0 saturated carbocycles. The molecule has 0 radical (unpaired) electrons. The zero-order valence-corrected chi connectivity index (χ0v) is 13.4. The average molecular weight is 316 g/mol. The maximum absolute atomic E-state index is 11.9. The van der Waals surface area contributed by atoms with E-state index >= 15 is 0 Å². The standard InChI is InChI=1S/C13H24N4O5/c1-9(18)7-16(10(19)5-14)17(11(20)6-15)8-12(21)22-13(2,3)4/h5-8,14-15H2,1-4H3. The molecule has 9 nitrogen and oxygen atoms in total. The lowest BCUT2D eigenvalue weighted by molar-refractivity contribution is -0.174. The van der Waals surface area contributed by atoms with Crippen molar-refractivity contribution in [2.75, 3.05) is 26.2 Å². The molecular weight excluding hydrogens is 292 g/mol. The lowest BCUT2D eigenvalue weighted by atomic mass is 10.2. The predicted octanol–water partition coefficient (Wildman–Crippen LogP) is -1.59. The van der Waals surface area contributed by atoms with Gasteiger partial charge in [0.2, 0.25) is 0 Å². The van der Waals surface area contributed by atoms with Gasteiger partial charge in [-0.3, -0.25) is 19.2 Å². The summed E-state index contributed by atoms with van der Waals surface area (Å²) in [5.74, 6) is -2.48. The number of rotatable bonds is 6. The van der Waals surface area contributed by atoms with Gasteiger partial charge in [-0.25, -0.2) is 10.0 Å². The molecule has 0 saturated heterocycles. The molecular formula is C13H24N4O5. The molecule has 0 aromatic rings. The van der Waals surface area contributed by atoms with Crippen molar-refractivity contribution in [2.24, 2.45) is 11.5 Å². The SMILES string of the molecule is CC(=O)CN(C(=O)CN)N(CC(=O)OC(C)(C)C)C(=O)CN. The van der Waals surface area contributed by atoms with Gasteiger partial charge < -0.3 is 16.2 Å². The van der Waals surface area contributed by atoms with Crippen LogP contribution in [0, 0.1) is 0 Å². The third-order valence-corrected chi connectivity index (χ3v) is 2.29. The number of ether oxygens (including phenoxy) is 1. The summed E-state index contributed by atoms with van der Waals surface area (Å²) in [7, 11) is 0. The molecule has 0 aliphatic rings. The Morgan fingerprint density at radius 3 is 1.64 bits per heavy atom. The van der Waals surface area contributed by atoms with E-state index in [2.05, 4.69) is 0 Å². The zero-order chi connectivity index (χ0) is 17.5. The molecule has 0 aliphatic carbocycles. The number of amides is 2. The van der Waals surface area contributed by atoms with Gasteiger partial charge in [-0.15, -0.1) is 0 Å². The lowest BCUT2D eigenvalue weighted by Gasteiger charge is -2.33. The highest BCUT2D eigenvalue weighted by Gasteiger charge is 2.29. The Labute approximate surface area is 129 Å². The first kappa shape index (κ1) is 20.0. The Morgan fingerprint density at radius 2 is 1.32 bits per heavy atom.